The molecule has 4 rings (SSSR count). The first kappa shape index (κ1) is 28.6. The number of hydrogen-bond acceptors (Lipinski definition) is 14. The van der Waals surface area contributed by atoms with Gasteiger partial charge < -0.3 is 25.4 Å². The Morgan fingerprint density at radius 3 is 2.53 bits per heavy atom. The number of fused-ring (bicyclic) bond motifs is 1. The molecule has 0 saturated carbocycles. The number of nitrogens with zero attached hydrogens (tertiary/aromatic N) is 3. The lowest BCUT2D eigenvalue weighted by molar-refractivity contribution is -0.173. The molecule has 2 atom stereocenters. The molecule has 1 aromatic heterocycles. The summed E-state index contributed by atoms with van der Waals surface area (Å²) in [5.74, 6) is -0.0737. The number of thiazole rings is 1. The molecule has 2 amide bonds. The molecular weight excluding hydrogens is 575 g/mol. The maximum Gasteiger partial charge on any atom is 0.358 e. The Labute approximate surface area is 235 Å². The number of β-lactam (4-membered cyclic amide) rings is 1. The molecule has 0 unspecified atom stereocenters. The number of rotatable bonds is 8. The second-order valence-electron chi connectivity index (χ2n) is 9.23. The van der Waals surface area contributed by atoms with E-state index in [0.717, 1.165) is 28.4 Å². The fourth-order valence-corrected chi connectivity index (χ4v) is 8.80. The second-order valence-corrected chi connectivity index (χ2v) is 14.0. The van der Waals surface area contributed by atoms with Crippen molar-refractivity contribution in [2.75, 3.05) is 36.9 Å². The number of aromatic nitrogens is 1. The van der Waals surface area contributed by atoms with Crippen LogP contribution in [0, 0.1) is 5.41 Å². The number of amides is 2. The average molecular weight is 602 g/mol. The van der Waals surface area contributed by atoms with Crippen molar-refractivity contribution in [3.8, 4) is 0 Å². The van der Waals surface area contributed by atoms with Crippen LogP contribution in [0.15, 0.2) is 21.8 Å². The first-order chi connectivity index (χ1) is 18.0. The van der Waals surface area contributed by atoms with Crippen molar-refractivity contribution >= 4 is 81.2 Å². The van der Waals surface area contributed by atoms with E-state index in [4.69, 9.17) is 20.0 Å². The molecule has 0 bridgehead atoms. The number of hydrogen-bond donors (Lipinski definition) is 2. The van der Waals surface area contributed by atoms with Crippen molar-refractivity contribution < 1.29 is 33.5 Å². The molecule has 4 heterocycles. The van der Waals surface area contributed by atoms with Gasteiger partial charge in [0.15, 0.2) is 10.8 Å². The number of ether oxygens (including phenoxy) is 2. The van der Waals surface area contributed by atoms with Crippen molar-refractivity contribution in [1.29, 1.82) is 0 Å². The number of oxime groups is 1. The average Bonchev–Trinajstić information content (AvgIpc) is 3.56. The fourth-order valence-electron chi connectivity index (χ4n) is 3.70. The van der Waals surface area contributed by atoms with Gasteiger partial charge in [0.2, 0.25) is 6.79 Å². The molecule has 0 aliphatic carbocycles. The molecule has 206 valence electrons. The van der Waals surface area contributed by atoms with Crippen LogP contribution in [0.2, 0.25) is 0 Å². The smallest absolute Gasteiger partial charge is 0.358 e. The summed E-state index contributed by atoms with van der Waals surface area (Å²) < 4.78 is 10.4. The van der Waals surface area contributed by atoms with E-state index in [2.05, 4.69) is 15.5 Å². The zero-order chi connectivity index (χ0) is 27.6. The predicted octanol–water partition coefficient (Wildman–Crippen LogP) is 1.63. The molecule has 3 aliphatic rings. The van der Waals surface area contributed by atoms with Gasteiger partial charge in [0, 0.05) is 22.6 Å². The topological polar surface area (TPSA) is 163 Å². The number of nitrogen functional groups attached to an aromatic ring is 1. The maximum absolute atomic E-state index is 13.3. The van der Waals surface area contributed by atoms with E-state index in [1.165, 1.54) is 23.8 Å². The van der Waals surface area contributed by atoms with Gasteiger partial charge in [-0.3, -0.25) is 19.3 Å². The third-order valence-corrected chi connectivity index (χ3v) is 10.6. The van der Waals surface area contributed by atoms with Gasteiger partial charge in [-0.25, -0.2) is 9.78 Å². The summed E-state index contributed by atoms with van der Waals surface area (Å²) >= 11 is 5.98. The first-order valence-corrected chi connectivity index (χ1v) is 15.4. The van der Waals surface area contributed by atoms with Crippen LogP contribution in [0.5, 0.6) is 0 Å². The Morgan fingerprint density at radius 1 is 1.21 bits per heavy atom. The van der Waals surface area contributed by atoms with Crippen LogP contribution in [0.1, 0.15) is 26.5 Å². The van der Waals surface area contributed by atoms with Gasteiger partial charge in [0.1, 0.15) is 29.9 Å². The zero-order valence-electron chi connectivity index (χ0n) is 21.0. The van der Waals surface area contributed by atoms with Gasteiger partial charge in [-0.05, 0) is 26.3 Å². The Kier molecular flexibility index (Phi) is 8.84. The Balaban J connectivity index is 1.50. The largest absolute Gasteiger partial charge is 0.427 e. The highest BCUT2D eigenvalue weighted by Gasteiger charge is 2.55. The molecule has 3 aliphatic heterocycles. The summed E-state index contributed by atoms with van der Waals surface area (Å²) in [7, 11) is 1.29. The highest BCUT2D eigenvalue weighted by Crippen LogP contribution is 2.47. The van der Waals surface area contributed by atoms with Crippen LogP contribution in [0.4, 0.5) is 5.13 Å². The number of carbonyl (C=O) groups is 4. The Hall–Kier alpha value is -2.43. The first-order valence-electron chi connectivity index (χ1n) is 11.4. The van der Waals surface area contributed by atoms with Crippen LogP contribution in [0.25, 0.3) is 0 Å². The van der Waals surface area contributed by atoms with Gasteiger partial charge >= 0.3 is 11.9 Å². The van der Waals surface area contributed by atoms with Crippen LogP contribution < -0.4 is 11.1 Å². The minimum Gasteiger partial charge on any atom is -0.427 e. The minimum absolute atomic E-state index is 0.000120. The lowest BCUT2D eigenvalue weighted by Crippen LogP contribution is -2.71. The molecule has 1 aromatic rings. The minimum atomic E-state index is -0.905. The van der Waals surface area contributed by atoms with Crippen molar-refractivity contribution in [1.82, 2.24) is 15.2 Å². The highest BCUT2D eigenvalue weighted by molar-refractivity contribution is 8.20. The molecule has 3 N–H and O–H groups in total. The van der Waals surface area contributed by atoms with Gasteiger partial charge in [-0.15, -0.1) is 46.6 Å². The summed E-state index contributed by atoms with van der Waals surface area (Å²) in [5.41, 5.74) is 5.94. The Morgan fingerprint density at radius 2 is 1.92 bits per heavy atom. The third-order valence-electron chi connectivity index (χ3n) is 5.54. The summed E-state index contributed by atoms with van der Waals surface area (Å²) in [6, 6.07) is -0.905. The maximum atomic E-state index is 13.3. The van der Waals surface area contributed by atoms with E-state index in [1.807, 2.05) is 0 Å². The quantitative estimate of drug-likeness (QED) is 0.146. The summed E-state index contributed by atoms with van der Waals surface area (Å²) in [5, 5.41) is 7.72. The molecule has 16 heteroatoms. The molecule has 38 heavy (non-hydrogen) atoms. The monoisotopic (exact) mass is 601 g/mol. The summed E-state index contributed by atoms with van der Waals surface area (Å²) in [6.07, 6.45) is 0. The van der Waals surface area contributed by atoms with Crippen LogP contribution >= 0.6 is 46.6 Å². The zero-order valence-corrected chi connectivity index (χ0v) is 24.3. The van der Waals surface area contributed by atoms with Gasteiger partial charge in [0.05, 0.1) is 10.00 Å². The van der Waals surface area contributed by atoms with Crippen molar-refractivity contribution in [3.63, 3.8) is 0 Å². The standard InChI is InChI=1S/C22H27N5O7S4/c1-22(2,3)20(31)34-9-33-18(30)14-10(19-35-5-6-36-19)7-37-17-13(16(29)27(14)17)25-15(28)12(26-32-4)11-8-38-21(23)24-11/h8,13,17,19H,5-7,9H2,1-4H3,(H2,23,24)(H,25,28)/b26-12-/t13-,17-/m1/s1. The summed E-state index contributed by atoms with van der Waals surface area (Å²) in [4.78, 5) is 61.8. The normalized spacial score (nSPS) is 22.1. The van der Waals surface area contributed by atoms with Crippen molar-refractivity contribution in [2.24, 2.45) is 10.6 Å². The van der Waals surface area contributed by atoms with E-state index in [0.29, 0.717) is 5.75 Å². The van der Waals surface area contributed by atoms with Crippen LogP contribution in [0.3, 0.4) is 0 Å². The van der Waals surface area contributed by atoms with Crippen LogP contribution in [-0.4, -0.2) is 86.5 Å². The van der Waals surface area contributed by atoms with Gasteiger partial charge in [-0.1, -0.05) is 5.16 Å². The number of nitrogens with two attached hydrogens (primary N) is 1. The predicted molar refractivity (Wildman–Crippen MR) is 147 cm³/mol. The van der Waals surface area contributed by atoms with Crippen molar-refractivity contribution in [3.05, 3.63) is 22.3 Å². The van der Waals surface area contributed by atoms with Gasteiger partial charge in [-0.2, -0.15) is 0 Å². The van der Waals surface area contributed by atoms with E-state index in [1.54, 1.807) is 49.7 Å². The second kappa shape index (κ2) is 11.8. The van der Waals surface area contributed by atoms with Gasteiger partial charge in [0.25, 0.3) is 11.8 Å². The number of anilines is 1. The lowest BCUT2D eigenvalue weighted by Gasteiger charge is -2.50. The Bertz CT molecular complexity index is 1190. The molecule has 2 fully saturated rings. The van der Waals surface area contributed by atoms with Crippen molar-refractivity contribution in [2.45, 2.75) is 36.8 Å². The molecule has 0 aromatic carbocycles. The molecule has 0 spiro atoms. The van der Waals surface area contributed by atoms with E-state index in [9.17, 15) is 19.2 Å². The third kappa shape index (κ3) is 5.92. The van der Waals surface area contributed by atoms with E-state index >= 15 is 0 Å². The molecule has 2 saturated heterocycles. The SMILES string of the molecule is CO/N=C(\C(=O)N[C@@H]1C(=O)N2C(C(=O)OCOC(=O)C(C)(C)C)=C(C3SCCS3)CS[C@H]12)c1csc(N)n1. The fraction of sp³-hybridized carbons (Fsp3) is 0.545. The highest BCUT2D eigenvalue weighted by atomic mass is 32.2. The van der Waals surface area contributed by atoms with E-state index < -0.39 is 47.4 Å². The molecule has 12 nitrogen and oxygen atoms in total. The van der Waals surface area contributed by atoms with Crippen LogP contribution in [-0.2, 0) is 33.5 Å². The lowest BCUT2D eigenvalue weighted by atomic mass is 9.98. The number of esters is 2. The number of thioether (sulfide) groups is 3. The molecular formula is C22H27N5O7S4. The summed E-state index contributed by atoms with van der Waals surface area (Å²) in [6.45, 7) is 4.50. The molecule has 0 radical (unpaired) electrons. The number of nitrogens with one attached hydrogen (secondary N) is 1. The van der Waals surface area contributed by atoms with E-state index in [-0.39, 0.29) is 26.8 Å². The number of carbonyl (C=O) groups excluding carboxylic acids is 4.